The molecule has 0 aliphatic carbocycles. The van der Waals surface area contributed by atoms with Crippen LogP contribution in [0.4, 0.5) is 0 Å². The van der Waals surface area contributed by atoms with Gasteiger partial charge in [0.15, 0.2) is 0 Å². The average Bonchev–Trinajstić information content (AvgIpc) is 2.91. The van der Waals surface area contributed by atoms with E-state index in [1.54, 1.807) is 7.11 Å². The molecule has 0 fully saturated rings. The molecule has 3 heteroatoms. The van der Waals surface area contributed by atoms with Crippen LogP contribution >= 0.6 is 0 Å². The Bertz CT molecular complexity index is 802. The summed E-state index contributed by atoms with van der Waals surface area (Å²) < 4.78 is 7.66. The number of nitrogens with zero attached hydrogens (tertiary/aromatic N) is 2. The summed E-state index contributed by atoms with van der Waals surface area (Å²) in [6, 6.07) is 16.3. The lowest BCUT2D eigenvalue weighted by atomic mass is 10.2. The van der Waals surface area contributed by atoms with Gasteiger partial charge in [0.1, 0.15) is 11.6 Å². The van der Waals surface area contributed by atoms with Gasteiger partial charge in [-0.2, -0.15) is 0 Å². The van der Waals surface area contributed by atoms with Crippen LogP contribution in [0.5, 0.6) is 5.75 Å². The van der Waals surface area contributed by atoms with Crippen molar-refractivity contribution < 1.29 is 4.74 Å². The molecule has 0 radical (unpaired) electrons. The summed E-state index contributed by atoms with van der Waals surface area (Å²) in [5, 5.41) is 0. The smallest absolute Gasteiger partial charge is 0.133 e. The molecule has 0 aliphatic heterocycles. The van der Waals surface area contributed by atoms with Gasteiger partial charge < -0.3 is 9.30 Å². The van der Waals surface area contributed by atoms with Crippen LogP contribution < -0.4 is 4.74 Å². The van der Waals surface area contributed by atoms with E-state index in [1.807, 2.05) is 30.3 Å². The van der Waals surface area contributed by atoms with Crippen molar-refractivity contribution in [2.75, 3.05) is 7.11 Å². The largest absolute Gasteiger partial charge is 0.496 e. The molecule has 0 N–H and O–H groups in total. The number of para-hydroxylation sites is 3. The molecule has 0 atom stereocenters. The molecule has 0 amide bonds. The van der Waals surface area contributed by atoms with E-state index in [-0.39, 0.29) is 0 Å². The normalized spacial score (nSPS) is 11.4. The van der Waals surface area contributed by atoms with E-state index in [0.717, 1.165) is 35.6 Å². The summed E-state index contributed by atoms with van der Waals surface area (Å²) in [5.74, 6) is 1.85. The van der Waals surface area contributed by atoms with Crippen molar-refractivity contribution in [3.63, 3.8) is 0 Å². The maximum atomic E-state index is 5.39. The molecule has 0 bridgehead atoms. The summed E-state index contributed by atoms with van der Waals surface area (Å²) in [4.78, 5) is 4.74. The number of fused-ring (bicyclic) bond motifs is 1. The van der Waals surface area contributed by atoms with Crippen LogP contribution in [0, 0.1) is 0 Å². The van der Waals surface area contributed by atoms with Crippen molar-refractivity contribution in [2.24, 2.45) is 0 Å². The minimum Gasteiger partial charge on any atom is -0.496 e. The maximum absolute atomic E-state index is 5.39. The fourth-order valence-electron chi connectivity index (χ4n) is 2.65. The lowest BCUT2D eigenvalue weighted by Gasteiger charge is -2.05. The van der Waals surface area contributed by atoms with E-state index in [4.69, 9.17) is 9.72 Å². The van der Waals surface area contributed by atoms with Gasteiger partial charge in [-0.3, -0.25) is 0 Å². The second kappa shape index (κ2) is 6.48. The summed E-state index contributed by atoms with van der Waals surface area (Å²) >= 11 is 0. The van der Waals surface area contributed by atoms with Gasteiger partial charge in [-0.1, -0.05) is 37.3 Å². The van der Waals surface area contributed by atoms with Gasteiger partial charge in [-0.25, -0.2) is 4.98 Å². The highest BCUT2D eigenvalue weighted by atomic mass is 16.5. The maximum Gasteiger partial charge on any atom is 0.133 e. The molecule has 112 valence electrons. The monoisotopic (exact) mass is 292 g/mol. The lowest BCUT2D eigenvalue weighted by Crippen LogP contribution is -1.99. The van der Waals surface area contributed by atoms with Crippen molar-refractivity contribution >= 4 is 23.2 Å². The van der Waals surface area contributed by atoms with Crippen LogP contribution in [-0.2, 0) is 6.54 Å². The molecule has 1 aromatic heterocycles. The third-order valence-corrected chi connectivity index (χ3v) is 3.68. The Morgan fingerprint density at radius 1 is 1.05 bits per heavy atom. The molecule has 2 aromatic carbocycles. The predicted octanol–water partition coefficient (Wildman–Crippen LogP) is 4.63. The number of benzene rings is 2. The van der Waals surface area contributed by atoms with Crippen molar-refractivity contribution in [3.05, 3.63) is 59.9 Å². The number of hydrogen-bond acceptors (Lipinski definition) is 2. The molecule has 3 nitrogen and oxygen atoms in total. The zero-order chi connectivity index (χ0) is 15.4. The molecular weight excluding hydrogens is 272 g/mol. The highest BCUT2D eigenvalue weighted by Gasteiger charge is 2.07. The molecular formula is C19H20N2O. The van der Waals surface area contributed by atoms with E-state index in [1.165, 1.54) is 5.52 Å². The highest BCUT2D eigenvalue weighted by molar-refractivity contribution is 5.80. The minimum atomic E-state index is 0.872. The molecule has 1 heterocycles. The van der Waals surface area contributed by atoms with Gasteiger partial charge >= 0.3 is 0 Å². The van der Waals surface area contributed by atoms with Gasteiger partial charge in [0.25, 0.3) is 0 Å². The second-order valence-corrected chi connectivity index (χ2v) is 5.19. The second-order valence-electron chi connectivity index (χ2n) is 5.19. The van der Waals surface area contributed by atoms with Gasteiger partial charge in [-0.05, 0) is 36.8 Å². The summed E-state index contributed by atoms with van der Waals surface area (Å²) in [7, 11) is 1.69. The Hall–Kier alpha value is -2.55. The van der Waals surface area contributed by atoms with Gasteiger partial charge in [0.05, 0.1) is 18.1 Å². The van der Waals surface area contributed by atoms with E-state index in [0.29, 0.717) is 0 Å². The average molecular weight is 292 g/mol. The minimum absolute atomic E-state index is 0.872. The van der Waals surface area contributed by atoms with Crippen LogP contribution in [0.1, 0.15) is 24.7 Å². The quantitative estimate of drug-likeness (QED) is 0.686. The Kier molecular flexibility index (Phi) is 4.24. The molecule has 22 heavy (non-hydrogen) atoms. The van der Waals surface area contributed by atoms with E-state index >= 15 is 0 Å². The lowest BCUT2D eigenvalue weighted by molar-refractivity contribution is 0.414. The highest BCUT2D eigenvalue weighted by Crippen LogP contribution is 2.22. The zero-order valence-electron chi connectivity index (χ0n) is 13.0. The van der Waals surface area contributed by atoms with Crippen LogP contribution in [0.2, 0.25) is 0 Å². The summed E-state index contributed by atoms with van der Waals surface area (Å²) in [6.07, 6.45) is 5.20. The number of methoxy groups -OCH3 is 1. The van der Waals surface area contributed by atoms with Gasteiger partial charge in [0, 0.05) is 12.1 Å². The molecule has 0 aliphatic rings. The standard InChI is InChI=1S/C19H20N2O/c1-3-14-21-17-10-6-5-9-16(17)20-19(21)13-12-15-8-4-7-11-18(15)22-2/h4-13H,3,14H2,1-2H3/b13-12+. The molecule has 3 aromatic rings. The first-order chi connectivity index (χ1) is 10.8. The third-order valence-electron chi connectivity index (χ3n) is 3.68. The van der Waals surface area contributed by atoms with E-state index in [9.17, 15) is 0 Å². The number of aromatic nitrogens is 2. The summed E-state index contributed by atoms with van der Waals surface area (Å²) in [6.45, 7) is 3.15. The van der Waals surface area contributed by atoms with Crippen molar-refractivity contribution in [1.82, 2.24) is 9.55 Å². The van der Waals surface area contributed by atoms with E-state index < -0.39 is 0 Å². The number of aryl methyl sites for hydroxylation is 1. The number of ether oxygens (including phenoxy) is 1. The molecule has 0 saturated carbocycles. The fourth-order valence-corrected chi connectivity index (χ4v) is 2.65. The summed E-state index contributed by atoms with van der Waals surface area (Å²) in [5.41, 5.74) is 3.28. The van der Waals surface area contributed by atoms with Gasteiger partial charge in [-0.15, -0.1) is 0 Å². The van der Waals surface area contributed by atoms with Crippen LogP contribution in [0.3, 0.4) is 0 Å². The van der Waals surface area contributed by atoms with Crippen LogP contribution in [0.25, 0.3) is 23.2 Å². The van der Waals surface area contributed by atoms with Crippen LogP contribution in [0.15, 0.2) is 48.5 Å². The first kappa shape index (κ1) is 14.4. The third kappa shape index (κ3) is 2.75. The van der Waals surface area contributed by atoms with Crippen molar-refractivity contribution in [2.45, 2.75) is 19.9 Å². The number of imidazole rings is 1. The van der Waals surface area contributed by atoms with Crippen molar-refractivity contribution in [3.8, 4) is 5.75 Å². The van der Waals surface area contributed by atoms with Crippen LogP contribution in [-0.4, -0.2) is 16.7 Å². The first-order valence-corrected chi connectivity index (χ1v) is 7.60. The Labute approximate surface area is 130 Å². The first-order valence-electron chi connectivity index (χ1n) is 7.60. The van der Waals surface area contributed by atoms with E-state index in [2.05, 4.69) is 41.8 Å². The Morgan fingerprint density at radius 3 is 2.64 bits per heavy atom. The molecule has 0 saturated heterocycles. The SMILES string of the molecule is CCCn1c(/C=C/c2ccccc2OC)nc2ccccc21. The Balaban J connectivity index is 2.02. The molecule has 3 rings (SSSR count). The Morgan fingerprint density at radius 2 is 1.82 bits per heavy atom. The van der Waals surface area contributed by atoms with Gasteiger partial charge in [0.2, 0.25) is 0 Å². The number of rotatable bonds is 5. The fraction of sp³-hybridized carbons (Fsp3) is 0.211. The molecule has 0 unspecified atom stereocenters. The van der Waals surface area contributed by atoms with Crippen molar-refractivity contribution in [1.29, 1.82) is 0 Å². The predicted molar refractivity (Wildman–Crippen MR) is 91.9 cm³/mol. The molecule has 0 spiro atoms. The number of hydrogen-bond donors (Lipinski definition) is 0. The topological polar surface area (TPSA) is 27.1 Å². The zero-order valence-corrected chi connectivity index (χ0v) is 13.0.